The highest BCUT2D eigenvalue weighted by Crippen LogP contribution is 2.22. The lowest BCUT2D eigenvalue weighted by Gasteiger charge is -2.33. The predicted molar refractivity (Wildman–Crippen MR) is 108 cm³/mol. The monoisotopic (exact) mass is 439 g/mol. The summed E-state index contributed by atoms with van der Waals surface area (Å²) < 4.78 is 41.9. The van der Waals surface area contributed by atoms with Crippen molar-refractivity contribution in [2.75, 3.05) is 19.3 Å². The Hall–Kier alpha value is -2.33. The van der Waals surface area contributed by atoms with Crippen LogP contribution in [0.4, 0.5) is 9.18 Å². The van der Waals surface area contributed by atoms with E-state index in [1.54, 1.807) is 11.0 Å². The zero-order chi connectivity index (χ0) is 21.9. The molecule has 1 aliphatic heterocycles. The molecule has 1 fully saturated rings. The van der Waals surface area contributed by atoms with E-state index in [1.165, 1.54) is 18.4 Å². The second kappa shape index (κ2) is 9.22. The molecular formula is C20H26FN3O5S. The van der Waals surface area contributed by atoms with Crippen molar-refractivity contribution < 1.29 is 27.4 Å². The van der Waals surface area contributed by atoms with E-state index < -0.39 is 22.2 Å². The van der Waals surface area contributed by atoms with E-state index in [9.17, 15) is 13.4 Å². The lowest BCUT2D eigenvalue weighted by Crippen LogP contribution is -2.43. The number of carbonyl (C=O) groups is 1. The molecule has 1 amide bonds. The molecule has 8 nitrogen and oxygen atoms in total. The number of likely N-dealkylation sites (tertiary alicyclic amines) is 1. The molecule has 0 N–H and O–H groups in total. The molecule has 0 spiro atoms. The summed E-state index contributed by atoms with van der Waals surface area (Å²) >= 11 is 0. The van der Waals surface area contributed by atoms with Gasteiger partial charge in [-0.25, -0.2) is 9.18 Å². The Morgan fingerprint density at radius 2 is 2.03 bits per heavy atom. The van der Waals surface area contributed by atoms with Crippen LogP contribution < -0.4 is 0 Å². The summed E-state index contributed by atoms with van der Waals surface area (Å²) in [7, 11) is -1.41. The number of piperidine rings is 1. The van der Waals surface area contributed by atoms with Crippen molar-refractivity contribution in [2.24, 2.45) is 0 Å². The second-order valence-electron chi connectivity index (χ2n) is 8.09. The molecule has 1 aliphatic rings. The van der Waals surface area contributed by atoms with E-state index in [0.29, 0.717) is 31.5 Å². The number of hydrogen-bond acceptors (Lipinski definition) is 7. The van der Waals surface area contributed by atoms with Gasteiger partial charge in [-0.3, -0.25) is 4.21 Å². The van der Waals surface area contributed by atoms with Crippen molar-refractivity contribution in [3.63, 3.8) is 0 Å². The van der Waals surface area contributed by atoms with E-state index in [4.69, 9.17) is 14.0 Å². The van der Waals surface area contributed by atoms with Crippen LogP contribution in [0.15, 0.2) is 27.6 Å². The Morgan fingerprint density at radius 1 is 1.33 bits per heavy atom. The van der Waals surface area contributed by atoms with Gasteiger partial charge in [0.15, 0.2) is 0 Å². The fourth-order valence-electron chi connectivity index (χ4n) is 3.02. The van der Waals surface area contributed by atoms with E-state index >= 15 is 0 Å². The van der Waals surface area contributed by atoms with Crippen LogP contribution in [0.1, 0.15) is 39.5 Å². The van der Waals surface area contributed by atoms with Gasteiger partial charge in [0.2, 0.25) is 5.82 Å². The van der Waals surface area contributed by atoms with Crippen LogP contribution in [-0.4, -0.2) is 56.4 Å². The molecule has 1 aromatic carbocycles. The molecule has 164 valence electrons. The van der Waals surface area contributed by atoms with Gasteiger partial charge >= 0.3 is 6.09 Å². The van der Waals surface area contributed by atoms with Gasteiger partial charge in [0.05, 0.1) is 21.8 Å². The van der Waals surface area contributed by atoms with Gasteiger partial charge in [0.1, 0.15) is 18.0 Å². The van der Waals surface area contributed by atoms with Gasteiger partial charge in [0, 0.05) is 24.9 Å². The van der Waals surface area contributed by atoms with Crippen LogP contribution in [-0.2, 0) is 26.9 Å². The normalized spacial score (nSPS) is 16.5. The number of amides is 1. The summed E-state index contributed by atoms with van der Waals surface area (Å²) in [5.41, 5.74) is -0.0842. The molecule has 2 aromatic rings. The average molecular weight is 440 g/mol. The summed E-state index contributed by atoms with van der Waals surface area (Å²) in [6.07, 6.45) is 2.44. The largest absolute Gasteiger partial charge is 0.444 e. The van der Waals surface area contributed by atoms with Crippen molar-refractivity contribution in [1.82, 2.24) is 15.0 Å². The Labute approximate surface area is 177 Å². The van der Waals surface area contributed by atoms with Gasteiger partial charge in [-0.05, 0) is 51.8 Å². The van der Waals surface area contributed by atoms with Gasteiger partial charge in [0.25, 0.3) is 5.89 Å². The summed E-state index contributed by atoms with van der Waals surface area (Å²) in [6.45, 7) is 6.76. The Kier molecular flexibility index (Phi) is 6.87. The minimum absolute atomic E-state index is 0.0321. The fourth-order valence-corrected chi connectivity index (χ4v) is 3.62. The van der Waals surface area contributed by atoms with Crippen molar-refractivity contribution in [3.05, 3.63) is 29.9 Å². The number of halogens is 1. The number of carbonyl (C=O) groups excluding carboxylic acids is 1. The lowest BCUT2D eigenvalue weighted by molar-refractivity contribution is -0.0231. The Balaban J connectivity index is 1.50. The highest BCUT2D eigenvalue weighted by atomic mass is 32.2. The maximum absolute atomic E-state index is 14.0. The number of hydrogen-bond donors (Lipinski definition) is 0. The van der Waals surface area contributed by atoms with Crippen molar-refractivity contribution in [1.29, 1.82) is 0 Å². The summed E-state index contributed by atoms with van der Waals surface area (Å²) in [5.74, 6) is -0.0588. The van der Waals surface area contributed by atoms with E-state index in [2.05, 4.69) is 10.1 Å². The summed E-state index contributed by atoms with van der Waals surface area (Å²) in [6, 6.07) is 4.28. The standard InChI is InChI=1S/C20H26FN3O5S/c1-20(2,3)28-19(25)24-9-7-14(8-10-24)27-12-17-22-18(23-29-17)13-5-6-16(30(4)26)15(21)11-13/h5-6,11,14H,7-10,12H2,1-4H3. The minimum atomic E-state index is -1.41. The first-order valence-electron chi connectivity index (χ1n) is 9.68. The van der Waals surface area contributed by atoms with Gasteiger partial charge in [-0.1, -0.05) is 5.16 Å². The maximum Gasteiger partial charge on any atom is 0.410 e. The molecule has 0 saturated carbocycles. The van der Waals surface area contributed by atoms with Crippen LogP contribution in [0.2, 0.25) is 0 Å². The third kappa shape index (κ3) is 5.85. The second-order valence-corrected chi connectivity index (χ2v) is 9.44. The van der Waals surface area contributed by atoms with Gasteiger partial charge < -0.3 is 18.9 Å². The molecule has 2 heterocycles. The molecular weight excluding hydrogens is 413 g/mol. The van der Waals surface area contributed by atoms with E-state index in [1.807, 2.05) is 20.8 Å². The SMILES string of the molecule is CS(=O)c1ccc(-c2noc(COC3CCN(C(=O)OC(C)(C)C)CC3)n2)cc1F. The molecule has 0 aliphatic carbocycles. The molecule has 1 saturated heterocycles. The third-order valence-corrected chi connectivity index (χ3v) is 5.45. The molecule has 10 heteroatoms. The molecule has 1 unspecified atom stereocenters. The molecule has 3 rings (SSSR count). The first-order valence-corrected chi connectivity index (χ1v) is 11.2. The zero-order valence-electron chi connectivity index (χ0n) is 17.5. The fraction of sp³-hybridized carbons (Fsp3) is 0.550. The number of benzene rings is 1. The maximum atomic E-state index is 14.0. The van der Waals surface area contributed by atoms with Crippen LogP contribution in [0.25, 0.3) is 11.4 Å². The van der Waals surface area contributed by atoms with Gasteiger partial charge in [-0.2, -0.15) is 4.98 Å². The highest BCUT2D eigenvalue weighted by molar-refractivity contribution is 7.84. The average Bonchev–Trinajstić information content (AvgIpc) is 3.14. The molecule has 0 radical (unpaired) electrons. The Morgan fingerprint density at radius 3 is 2.63 bits per heavy atom. The third-order valence-electron chi connectivity index (χ3n) is 4.50. The van der Waals surface area contributed by atoms with Crippen LogP contribution in [0, 0.1) is 5.82 Å². The molecule has 0 bridgehead atoms. The smallest absolute Gasteiger partial charge is 0.410 e. The van der Waals surface area contributed by atoms with Crippen LogP contribution in [0.5, 0.6) is 0 Å². The van der Waals surface area contributed by atoms with Crippen molar-refractivity contribution in [2.45, 2.75) is 56.8 Å². The molecule has 1 aromatic heterocycles. The molecule has 1 atom stereocenters. The first-order chi connectivity index (χ1) is 14.1. The number of aromatic nitrogens is 2. The van der Waals surface area contributed by atoms with E-state index in [-0.39, 0.29) is 35.4 Å². The highest BCUT2D eigenvalue weighted by Gasteiger charge is 2.27. The minimum Gasteiger partial charge on any atom is -0.444 e. The summed E-state index contributed by atoms with van der Waals surface area (Å²) in [5, 5.41) is 3.86. The Bertz CT molecular complexity index is 919. The van der Waals surface area contributed by atoms with E-state index in [0.717, 1.165) is 0 Å². The number of rotatable bonds is 5. The van der Waals surface area contributed by atoms with Crippen molar-refractivity contribution in [3.8, 4) is 11.4 Å². The number of ether oxygens (including phenoxy) is 2. The van der Waals surface area contributed by atoms with Crippen LogP contribution in [0.3, 0.4) is 0 Å². The quantitative estimate of drug-likeness (QED) is 0.703. The predicted octanol–water partition coefficient (Wildman–Crippen LogP) is 3.53. The zero-order valence-corrected chi connectivity index (χ0v) is 18.3. The van der Waals surface area contributed by atoms with Crippen LogP contribution >= 0.6 is 0 Å². The molecule has 30 heavy (non-hydrogen) atoms. The summed E-state index contributed by atoms with van der Waals surface area (Å²) in [4.78, 5) is 18.1. The number of nitrogens with zero attached hydrogens (tertiary/aromatic N) is 3. The topological polar surface area (TPSA) is 94.8 Å². The van der Waals surface area contributed by atoms with Crippen molar-refractivity contribution >= 4 is 16.9 Å². The first kappa shape index (κ1) is 22.4. The lowest BCUT2D eigenvalue weighted by atomic mass is 10.1. The van der Waals surface area contributed by atoms with Gasteiger partial charge in [-0.15, -0.1) is 0 Å².